The van der Waals surface area contributed by atoms with E-state index < -0.39 is 23.0 Å². The van der Waals surface area contributed by atoms with Crippen LogP contribution < -0.4 is 0 Å². The standard InChI is InChI=1S/C18H11ClF2N4O.CH4/c1-25-8-9(5-24-25)11-2-3-14(20)15(16(11)21)17(26)13-7-23-18-12(13)4-10(19)6-22-18;/h2-8H,1H3,(H,22,23);1H4. The van der Waals surface area contributed by atoms with Crippen molar-refractivity contribution in [3.8, 4) is 11.1 Å². The molecule has 0 aliphatic carbocycles. The lowest BCUT2D eigenvalue weighted by atomic mass is 9.98. The minimum atomic E-state index is -0.940. The van der Waals surface area contributed by atoms with E-state index in [0.29, 0.717) is 21.6 Å². The number of ketones is 1. The minimum absolute atomic E-state index is 0. The van der Waals surface area contributed by atoms with Crippen molar-refractivity contribution < 1.29 is 13.6 Å². The Hall–Kier alpha value is -3.06. The molecule has 0 aliphatic heterocycles. The van der Waals surface area contributed by atoms with E-state index in [1.165, 1.54) is 35.4 Å². The van der Waals surface area contributed by atoms with Crippen molar-refractivity contribution in [2.75, 3.05) is 0 Å². The molecule has 0 amide bonds. The Morgan fingerprint density at radius 2 is 2.04 bits per heavy atom. The summed E-state index contributed by atoms with van der Waals surface area (Å²) in [6.07, 6.45) is 5.81. The maximum atomic E-state index is 15.0. The fourth-order valence-corrected chi connectivity index (χ4v) is 3.00. The lowest BCUT2D eigenvalue weighted by Crippen LogP contribution is -2.08. The zero-order valence-electron chi connectivity index (χ0n) is 13.4. The number of benzene rings is 1. The monoisotopic (exact) mass is 388 g/mol. The molecule has 3 heterocycles. The number of fused-ring (bicyclic) bond motifs is 1. The summed E-state index contributed by atoms with van der Waals surface area (Å²) >= 11 is 5.92. The van der Waals surface area contributed by atoms with E-state index in [1.54, 1.807) is 13.2 Å². The molecule has 0 fully saturated rings. The molecule has 4 rings (SSSR count). The van der Waals surface area contributed by atoms with E-state index in [9.17, 15) is 9.18 Å². The van der Waals surface area contributed by atoms with E-state index >= 15 is 4.39 Å². The molecular formula is C19H15ClF2N4O. The number of carbonyl (C=O) groups excluding carboxylic acids is 1. The van der Waals surface area contributed by atoms with Crippen molar-refractivity contribution in [2.24, 2.45) is 7.05 Å². The number of nitrogens with zero attached hydrogens (tertiary/aromatic N) is 3. The van der Waals surface area contributed by atoms with Crippen molar-refractivity contribution in [2.45, 2.75) is 7.43 Å². The number of hydrogen-bond acceptors (Lipinski definition) is 3. The van der Waals surface area contributed by atoms with E-state index in [1.807, 2.05) is 0 Å². The summed E-state index contributed by atoms with van der Waals surface area (Å²) in [6.45, 7) is 0. The Morgan fingerprint density at radius 1 is 1.26 bits per heavy atom. The predicted molar refractivity (Wildman–Crippen MR) is 99.8 cm³/mol. The molecule has 0 saturated carbocycles. The van der Waals surface area contributed by atoms with Crippen LogP contribution in [-0.4, -0.2) is 25.5 Å². The summed E-state index contributed by atoms with van der Waals surface area (Å²) in [7, 11) is 1.68. The van der Waals surface area contributed by atoms with E-state index in [2.05, 4.69) is 15.1 Å². The summed E-state index contributed by atoms with van der Waals surface area (Å²) in [5.41, 5.74) is 0.409. The van der Waals surface area contributed by atoms with Crippen LogP contribution in [0.15, 0.2) is 43.0 Å². The zero-order chi connectivity index (χ0) is 18.4. The first-order valence-corrected chi connectivity index (χ1v) is 7.98. The topological polar surface area (TPSA) is 63.6 Å². The number of pyridine rings is 1. The number of nitrogens with one attached hydrogen (secondary N) is 1. The van der Waals surface area contributed by atoms with Crippen LogP contribution >= 0.6 is 11.6 Å². The first-order chi connectivity index (χ1) is 12.5. The van der Waals surface area contributed by atoms with Crippen molar-refractivity contribution >= 4 is 28.4 Å². The van der Waals surface area contributed by atoms with E-state index in [0.717, 1.165) is 6.07 Å². The Bertz CT molecular complexity index is 1170. The second kappa shape index (κ2) is 6.92. The van der Waals surface area contributed by atoms with Gasteiger partial charge < -0.3 is 4.98 Å². The molecule has 0 spiro atoms. The number of carbonyl (C=O) groups is 1. The van der Waals surface area contributed by atoms with Gasteiger partial charge in [-0.3, -0.25) is 9.48 Å². The third-order valence-electron chi connectivity index (χ3n) is 4.08. The highest BCUT2D eigenvalue weighted by atomic mass is 35.5. The van der Waals surface area contributed by atoms with Crippen LogP contribution in [0, 0.1) is 11.6 Å². The summed E-state index contributed by atoms with van der Waals surface area (Å²) in [5.74, 6) is -2.67. The Kier molecular flexibility index (Phi) is 4.80. The van der Waals surface area contributed by atoms with E-state index in [-0.39, 0.29) is 18.6 Å². The number of hydrogen-bond donors (Lipinski definition) is 1. The third-order valence-corrected chi connectivity index (χ3v) is 4.28. The number of H-pyrrole nitrogens is 1. The maximum Gasteiger partial charge on any atom is 0.201 e. The lowest BCUT2D eigenvalue weighted by molar-refractivity contribution is 0.103. The van der Waals surface area contributed by atoms with Crippen molar-refractivity contribution in [3.63, 3.8) is 0 Å². The van der Waals surface area contributed by atoms with Gasteiger partial charge in [0.15, 0.2) is 0 Å². The molecule has 5 nitrogen and oxygen atoms in total. The molecule has 1 aromatic carbocycles. The molecule has 27 heavy (non-hydrogen) atoms. The zero-order valence-corrected chi connectivity index (χ0v) is 14.2. The summed E-state index contributed by atoms with van der Waals surface area (Å²) in [5, 5.41) is 4.69. The van der Waals surface area contributed by atoms with Crippen molar-refractivity contribution in [1.29, 1.82) is 0 Å². The van der Waals surface area contributed by atoms with Crippen molar-refractivity contribution in [1.82, 2.24) is 19.7 Å². The smallest absolute Gasteiger partial charge is 0.201 e. The largest absolute Gasteiger partial charge is 0.345 e. The highest BCUT2D eigenvalue weighted by molar-refractivity contribution is 6.31. The Labute approximate surface area is 158 Å². The van der Waals surface area contributed by atoms with Gasteiger partial charge in [-0.1, -0.05) is 19.0 Å². The van der Waals surface area contributed by atoms with Gasteiger partial charge in [0.25, 0.3) is 0 Å². The molecule has 0 saturated heterocycles. The molecule has 0 unspecified atom stereocenters. The Balaban J connectivity index is 0.00000210. The van der Waals surface area contributed by atoms with Crippen LogP contribution in [0.2, 0.25) is 5.02 Å². The number of rotatable bonds is 3. The average Bonchev–Trinajstić information content (AvgIpc) is 3.20. The Morgan fingerprint density at radius 3 is 2.74 bits per heavy atom. The van der Waals surface area contributed by atoms with Gasteiger partial charge >= 0.3 is 0 Å². The van der Waals surface area contributed by atoms with Crippen LogP contribution in [0.3, 0.4) is 0 Å². The molecule has 8 heteroatoms. The first kappa shape index (κ1) is 18.7. The average molecular weight is 389 g/mol. The third kappa shape index (κ3) is 3.10. The van der Waals surface area contributed by atoms with Crippen LogP contribution in [-0.2, 0) is 7.05 Å². The fraction of sp³-hybridized carbons (Fsp3) is 0.105. The van der Waals surface area contributed by atoms with Gasteiger partial charge in [0, 0.05) is 47.7 Å². The summed E-state index contributed by atoms with van der Waals surface area (Å²) in [4.78, 5) is 19.7. The number of aryl methyl sites for hydroxylation is 1. The van der Waals surface area contributed by atoms with Gasteiger partial charge in [0.05, 0.1) is 16.8 Å². The molecule has 1 N–H and O–H groups in total. The second-order valence-corrected chi connectivity index (χ2v) is 6.20. The van der Waals surface area contributed by atoms with Crippen LogP contribution in [0.4, 0.5) is 8.78 Å². The number of aromatic amines is 1. The van der Waals surface area contributed by atoms with Gasteiger partial charge in [-0.05, 0) is 18.2 Å². The molecule has 0 aliphatic rings. The number of halogens is 3. The SMILES string of the molecule is C.Cn1cc(-c2ccc(F)c(C(=O)c3c[nH]c4ncc(Cl)cc34)c2F)cn1. The summed E-state index contributed by atoms with van der Waals surface area (Å²) in [6, 6.07) is 3.87. The second-order valence-electron chi connectivity index (χ2n) is 5.77. The molecular weight excluding hydrogens is 374 g/mol. The molecule has 4 aromatic rings. The van der Waals surface area contributed by atoms with Crippen LogP contribution in [0.1, 0.15) is 23.3 Å². The highest BCUT2D eigenvalue weighted by Gasteiger charge is 2.25. The van der Waals surface area contributed by atoms with Gasteiger partial charge in [-0.2, -0.15) is 5.10 Å². The molecule has 3 aromatic heterocycles. The first-order valence-electron chi connectivity index (χ1n) is 7.60. The lowest BCUT2D eigenvalue weighted by Gasteiger charge is -2.08. The van der Waals surface area contributed by atoms with Crippen LogP contribution in [0.5, 0.6) is 0 Å². The van der Waals surface area contributed by atoms with Gasteiger partial charge in [0.1, 0.15) is 17.3 Å². The van der Waals surface area contributed by atoms with E-state index in [4.69, 9.17) is 11.6 Å². The molecule has 138 valence electrons. The quantitative estimate of drug-likeness (QED) is 0.514. The van der Waals surface area contributed by atoms with Gasteiger partial charge in [0.2, 0.25) is 5.78 Å². The molecule has 0 radical (unpaired) electrons. The summed E-state index contributed by atoms with van der Waals surface area (Å²) < 4.78 is 30.8. The normalized spacial score (nSPS) is 10.8. The highest BCUT2D eigenvalue weighted by Crippen LogP contribution is 2.30. The number of aromatic nitrogens is 4. The minimum Gasteiger partial charge on any atom is -0.345 e. The maximum absolute atomic E-state index is 15.0. The van der Waals surface area contributed by atoms with Crippen molar-refractivity contribution in [3.05, 3.63) is 70.8 Å². The molecule has 0 atom stereocenters. The van der Waals surface area contributed by atoms with Gasteiger partial charge in [-0.15, -0.1) is 0 Å². The predicted octanol–water partition coefficient (Wildman–Crippen LogP) is 4.76. The fourth-order valence-electron chi connectivity index (χ4n) is 2.84. The van der Waals surface area contributed by atoms with Gasteiger partial charge in [-0.25, -0.2) is 13.8 Å². The van der Waals surface area contributed by atoms with Crippen LogP contribution in [0.25, 0.3) is 22.2 Å². The molecule has 0 bridgehead atoms.